The fourth-order valence-corrected chi connectivity index (χ4v) is 4.85. The number of hydrogen-bond acceptors (Lipinski definition) is 8. The zero-order valence-electron chi connectivity index (χ0n) is 17.3. The van der Waals surface area contributed by atoms with Crippen molar-refractivity contribution in [3.8, 4) is 11.5 Å². The molecule has 1 heterocycles. The first-order valence-electron chi connectivity index (χ1n) is 9.43. The summed E-state index contributed by atoms with van der Waals surface area (Å²) in [4.78, 5) is 12.1. The van der Waals surface area contributed by atoms with Crippen LogP contribution in [0.1, 0.15) is 11.5 Å². The summed E-state index contributed by atoms with van der Waals surface area (Å²) in [6.07, 6.45) is 3.17. The molecule has 0 saturated heterocycles. The van der Waals surface area contributed by atoms with Crippen LogP contribution >= 0.6 is 66.8 Å². The van der Waals surface area contributed by atoms with Gasteiger partial charge >= 0.3 is 0 Å². The molecule has 178 valence electrons. The average Bonchev–Trinajstić information content (AvgIpc) is 3.24. The molecule has 8 nitrogen and oxygen atoms in total. The van der Waals surface area contributed by atoms with Crippen molar-refractivity contribution in [2.75, 3.05) is 12.4 Å². The first-order chi connectivity index (χ1) is 16.4. The van der Waals surface area contributed by atoms with Crippen LogP contribution in [0.2, 0.25) is 10.0 Å². The molecule has 0 aliphatic heterocycles. The molecule has 34 heavy (non-hydrogen) atoms. The highest BCUT2D eigenvalue weighted by atomic mass is 79.9. The quantitative estimate of drug-likeness (QED) is 0.113. The second-order valence-corrected chi connectivity index (χ2v) is 9.80. The van der Waals surface area contributed by atoms with Gasteiger partial charge in [0.25, 0.3) is 17.0 Å². The lowest BCUT2D eigenvalue weighted by molar-refractivity contribution is -0.118. The summed E-state index contributed by atoms with van der Waals surface area (Å²) < 4.78 is 18.0. The molecular weight excluding hydrogens is 635 g/mol. The molecule has 0 fully saturated rings. The van der Waals surface area contributed by atoms with Gasteiger partial charge in [0.15, 0.2) is 6.61 Å². The van der Waals surface area contributed by atoms with Crippen molar-refractivity contribution in [2.45, 2.75) is 11.8 Å². The molecule has 0 radical (unpaired) electrons. The number of nitrogens with one attached hydrogen (secondary N) is 1. The molecule has 1 aromatic heterocycles. The third kappa shape index (κ3) is 8.02. The van der Waals surface area contributed by atoms with E-state index >= 15 is 0 Å². The van der Waals surface area contributed by atoms with Crippen molar-refractivity contribution in [1.82, 2.24) is 15.6 Å². The second kappa shape index (κ2) is 13.1. The minimum Gasteiger partial charge on any atom is -0.487 e. The zero-order valence-corrected chi connectivity index (χ0v) is 22.8. The Bertz CT molecular complexity index is 1190. The van der Waals surface area contributed by atoms with E-state index in [0.29, 0.717) is 28.2 Å². The van der Waals surface area contributed by atoms with Gasteiger partial charge in [0.05, 0.1) is 25.9 Å². The summed E-state index contributed by atoms with van der Waals surface area (Å²) in [5.74, 6) is 1.02. The van der Waals surface area contributed by atoms with E-state index in [4.69, 9.17) is 37.1 Å². The number of aromatic nitrogens is 2. The van der Waals surface area contributed by atoms with E-state index in [0.717, 1.165) is 26.3 Å². The number of rotatable bonds is 11. The third-order valence-electron chi connectivity index (χ3n) is 3.79. The van der Waals surface area contributed by atoms with Crippen LogP contribution in [-0.2, 0) is 11.4 Å². The Morgan fingerprint density at radius 3 is 2.68 bits per heavy atom. The van der Waals surface area contributed by atoms with Crippen molar-refractivity contribution in [3.05, 3.63) is 73.4 Å². The number of amides is 1. The molecule has 13 heteroatoms. The highest BCUT2D eigenvalue weighted by molar-refractivity contribution is 9.11. The van der Waals surface area contributed by atoms with Gasteiger partial charge in [-0.1, -0.05) is 47.6 Å². The highest BCUT2D eigenvalue weighted by Gasteiger charge is 2.12. The van der Waals surface area contributed by atoms with E-state index < -0.39 is 0 Å². The van der Waals surface area contributed by atoms with Crippen molar-refractivity contribution in [1.29, 1.82) is 0 Å². The lowest BCUT2D eigenvalue weighted by Crippen LogP contribution is -2.19. The number of ether oxygens (including phenoxy) is 2. The Morgan fingerprint density at radius 1 is 1.21 bits per heavy atom. The standard InChI is InChI=1S/C21H16Br2Cl2N4O4S/c1-2-5-31-20-14(22)6-12(7-15(20)23)9-26-27-18(30)11-34-21-29-28-19(33-21)10-32-17-4-3-13(24)8-16(17)25/h2-4,6-9H,1,5,10-11H2,(H,27,30)/b26-9-. The molecule has 3 rings (SSSR count). The van der Waals surface area contributed by atoms with E-state index in [1.54, 1.807) is 24.3 Å². The lowest BCUT2D eigenvalue weighted by atomic mass is 10.2. The minimum absolute atomic E-state index is 0.0218. The smallest absolute Gasteiger partial charge is 0.277 e. The number of hydrazone groups is 1. The van der Waals surface area contributed by atoms with Crippen molar-refractivity contribution < 1.29 is 18.7 Å². The predicted molar refractivity (Wildman–Crippen MR) is 139 cm³/mol. The Morgan fingerprint density at radius 2 is 1.97 bits per heavy atom. The molecular formula is C21H16Br2Cl2N4O4S. The Labute approximate surface area is 226 Å². The van der Waals surface area contributed by atoms with Crippen molar-refractivity contribution >= 4 is 78.9 Å². The SMILES string of the molecule is C=CCOc1c(Br)cc(/C=N\NC(=O)CSc2nnc(COc3ccc(Cl)cc3Cl)o2)cc1Br. The van der Waals surface area contributed by atoms with Gasteiger partial charge in [-0.15, -0.1) is 10.2 Å². The van der Waals surface area contributed by atoms with Gasteiger partial charge in [0.1, 0.15) is 18.1 Å². The first kappa shape index (κ1) is 26.6. The van der Waals surface area contributed by atoms with Crippen LogP contribution in [-0.4, -0.2) is 34.7 Å². The molecule has 3 aromatic rings. The zero-order chi connectivity index (χ0) is 24.5. The number of halogens is 4. The number of benzene rings is 2. The average molecular weight is 651 g/mol. The van der Waals surface area contributed by atoms with Crippen LogP contribution in [0.5, 0.6) is 11.5 Å². The number of hydrogen-bond donors (Lipinski definition) is 1. The molecule has 0 bridgehead atoms. The van der Waals surface area contributed by atoms with E-state index in [1.807, 2.05) is 12.1 Å². The van der Waals surface area contributed by atoms with E-state index in [1.165, 1.54) is 6.21 Å². The third-order valence-corrected chi connectivity index (χ3v) is 6.32. The molecule has 0 atom stereocenters. The van der Waals surface area contributed by atoms with E-state index in [2.05, 4.69) is 59.2 Å². The molecule has 1 amide bonds. The fraction of sp³-hybridized carbons (Fsp3) is 0.143. The maximum absolute atomic E-state index is 12.1. The van der Waals surface area contributed by atoms with Gasteiger partial charge in [-0.25, -0.2) is 5.43 Å². The van der Waals surface area contributed by atoms with Gasteiger partial charge in [-0.3, -0.25) is 4.79 Å². The largest absolute Gasteiger partial charge is 0.487 e. The van der Waals surface area contributed by atoms with Crippen LogP contribution in [0.4, 0.5) is 0 Å². The van der Waals surface area contributed by atoms with Crippen LogP contribution in [0.3, 0.4) is 0 Å². The molecule has 0 unspecified atom stereocenters. The van der Waals surface area contributed by atoms with E-state index in [9.17, 15) is 4.79 Å². The van der Waals surface area contributed by atoms with Gasteiger partial charge in [0, 0.05) is 5.02 Å². The number of thioether (sulfide) groups is 1. The Balaban J connectivity index is 1.45. The van der Waals surface area contributed by atoms with Gasteiger partial charge in [-0.05, 0) is 67.8 Å². The van der Waals surface area contributed by atoms with E-state index in [-0.39, 0.29) is 29.4 Å². The maximum Gasteiger partial charge on any atom is 0.277 e. The fourth-order valence-electron chi connectivity index (χ4n) is 2.36. The molecule has 0 spiro atoms. The maximum atomic E-state index is 12.1. The predicted octanol–water partition coefficient (Wildman–Crippen LogP) is 6.29. The number of carbonyl (C=O) groups excluding carboxylic acids is 1. The monoisotopic (exact) mass is 648 g/mol. The van der Waals surface area contributed by atoms with Gasteiger partial charge in [-0.2, -0.15) is 5.10 Å². The summed E-state index contributed by atoms with van der Waals surface area (Å²) in [6.45, 7) is 4.02. The van der Waals surface area contributed by atoms with Crippen molar-refractivity contribution in [2.24, 2.45) is 5.10 Å². The molecule has 1 N–H and O–H groups in total. The van der Waals surface area contributed by atoms with Crippen LogP contribution in [0.15, 0.2) is 66.7 Å². The summed E-state index contributed by atoms with van der Waals surface area (Å²) in [7, 11) is 0. The number of carbonyl (C=O) groups is 1. The van der Waals surface area contributed by atoms with Gasteiger partial charge in [0.2, 0.25) is 0 Å². The van der Waals surface area contributed by atoms with Crippen LogP contribution in [0.25, 0.3) is 0 Å². The topological polar surface area (TPSA) is 98.8 Å². The Kier molecular flexibility index (Phi) is 10.3. The number of nitrogens with zero attached hydrogens (tertiary/aromatic N) is 3. The highest BCUT2D eigenvalue weighted by Crippen LogP contribution is 2.34. The summed E-state index contributed by atoms with van der Waals surface area (Å²) in [5, 5.41) is 12.8. The Hall–Kier alpha value is -2.05. The van der Waals surface area contributed by atoms with Crippen molar-refractivity contribution in [3.63, 3.8) is 0 Å². The lowest BCUT2D eigenvalue weighted by Gasteiger charge is -2.09. The minimum atomic E-state index is -0.339. The first-order valence-corrected chi connectivity index (χ1v) is 12.8. The summed E-state index contributed by atoms with van der Waals surface area (Å²) in [5.41, 5.74) is 3.20. The van der Waals surface area contributed by atoms with Gasteiger partial charge < -0.3 is 13.9 Å². The molecule has 0 aliphatic rings. The normalized spacial score (nSPS) is 10.9. The second-order valence-electron chi connectivity index (χ2n) is 6.32. The van der Waals surface area contributed by atoms with Crippen LogP contribution in [0, 0.1) is 0 Å². The molecule has 0 aliphatic carbocycles. The van der Waals surface area contributed by atoms with Crippen LogP contribution < -0.4 is 14.9 Å². The molecule has 0 saturated carbocycles. The summed E-state index contributed by atoms with van der Waals surface area (Å²) in [6, 6.07) is 8.49. The summed E-state index contributed by atoms with van der Waals surface area (Å²) >= 11 is 19.9. The molecule has 2 aromatic carbocycles.